The molecule has 86 valence electrons. The second-order valence-electron chi connectivity index (χ2n) is 3.25. The first-order valence-electron chi connectivity index (χ1n) is 4.67. The van der Waals surface area contributed by atoms with Crippen molar-refractivity contribution in [2.24, 2.45) is 0 Å². The Balaban J connectivity index is 2.74. The van der Waals surface area contributed by atoms with Crippen molar-refractivity contribution < 1.29 is 19.4 Å². The van der Waals surface area contributed by atoms with Crippen molar-refractivity contribution in [3.8, 4) is 5.75 Å². The second kappa shape index (κ2) is 5.51. The zero-order valence-corrected chi connectivity index (χ0v) is 9.45. The van der Waals surface area contributed by atoms with Crippen molar-refractivity contribution in [2.45, 2.75) is 19.8 Å². The van der Waals surface area contributed by atoms with E-state index < -0.39 is 11.9 Å². The van der Waals surface area contributed by atoms with E-state index in [-0.39, 0.29) is 12.2 Å². The summed E-state index contributed by atoms with van der Waals surface area (Å²) >= 11 is 5.86. The molecule has 16 heavy (non-hydrogen) atoms. The fourth-order valence-electron chi connectivity index (χ4n) is 1.19. The lowest BCUT2D eigenvalue weighted by Crippen LogP contribution is -2.02. The molecule has 4 nitrogen and oxygen atoms in total. The summed E-state index contributed by atoms with van der Waals surface area (Å²) in [5.74, 6) is -1.02. The Morgan fingerprint density at radius 1 is 1.44 bits per heavy atom. The van der Waals surface area contributed by atoms with Crippen LogP contribution in [0.5, 0.6) is 5.75 Å². The van der Waals surface area contributed by atoms with Gasteiger partial charge < -0.3 is 9.84 Å². The number of carbonyl (C=O) groups is 2. The smallest absolute Gasteiger partial charge is 0.308 e. The second-order valence-corrected chi connectivity index (χ2v) is 3.66. The zero-order valence-electron chi connectivity index (χ0n) is 8.70. The number of halogens is 1. The maximum absolute atomic E-state index is 10.7. The lowest BCUT2D eigenvalue weighted by atomic mass is 10.1. The van der Waals surface area contributed by atoms with Gasteiger partial charge in [0.2, 0.25) is 0 Å². The number of aryl methyl sites for hydroxylation is 1. The van der Waals surface area contributed by atoms with E-state index in [0.29, 0.717) is 11.4 Å². The Labute approximate surface area is 97.8 Å². The highest BCUT2D eigenvalue weighted by molar-refractivity contribution is 6.32. The Morgan fingerprint density at radius 2 is 2.12 bits per heavy atom. The summed E-state index contributed by atoms with van der Waals surface area (Å²) in [6.45, 7) is 1.29. The molecule has 0 saturated heterocycles. The molecule has 0 saturated carbocycles. The molecule has 0 radical (unpaired) electrons. The number of benzene rings is 1. The van der Waals surface area contributed by atoms with Crippen molar-refractivity contribution >= 4 is 23.5 Å². The lowest BCUT2D eigenvalue weighted by molar-refractivity contribution is -0.137. The lowest BCUT2D eigenvalue weighted by Gasteiger charge is -2.05. The number of aliphatic carboxylic acids is 1. The van der Waals surface area contributed by atoms with Crippen molar-refractivity contribution in [3.05, 3.63) is 28.8 Å². The van der Waals surface area contributed by atoms with Gasteiger partial charge in [-0.3, -0.25) is 9.59 Å². The molecular formula is C11H11ClO4. The van der Waals surface area contributed by atoms with E-state index in [1.54, 1.807) is 18.2 Å². The molecule has 0 spiro atoms. The average molecular weight is 243 g/mol. The maximum Gasteiger partial charge on any atom is 0.308 e. The largest absolute Gasteiger partial charge is 0.481 e. The predicted molar refractivity (Wildman–Crippen MR) is 58.7 cm³/mol. The minimum atomic E-state index is -0.861. The van der Waals surface area contributed by atoms with E-state index in [0.717, 1.165) is 5.56 Å². The molecule has 0 atom stereocenters. The molecule has 0 amide bonds. The molecule has 0 heterocycles. The van der Waals surface area contributed by atoms with Gasteiger partial charge >= 0.3 is 11.9 Å². The normalized spacial score (nSPS) is 9.88. The molecule has 0 fully saturated rings. The van der Waals surface area contributed by atoms with Gasteiger partial charge in [0.25, 0.3) is 0 Å². The molecule has 0 aliphatic carbocycles. The zero-order chi connectivity index (χ0) is 12.1. The van der Waals surface area contributed by atoms with E-state index in [2.05, 4.69) is 0 Å². The highest BCUT2D eigenvalue weighted by Crippen LogP contribution is 2.26. The van der Waals surface area contributed by atoms with Gasteiger partial charge in [0.15, 0.2) is 0 Å². The number of hydrogen-bond acceptors (Lipinski definition) is 3. The first-order chi connectivity index (χ1) is 7.49. The van der Waals surface area contributed by atoms with Gasteiger partial charge in [0, 0.05) is 13.3 Å². The molecule has 5 heteroatoms. The molecule has 0 aliphatic rings. The number of carbonyl (C=O) groups excluding carboxylic acids is 1. The van der Waals surface area contributed by atoms with Gasteiger partial charge in [0.1, 0.15) is 5.75 Å². The Hall–Kier alpha value is -1.55. The summed E-state index contributed by atoms with van der Waals surface area (Å²) in [6, 6.07) is 4.84. The Bertz CT molecular complexity index is 414. The Morgan fingerprint density at radius 3 is 2.62 bits per heavy atom. The average Bonchev–Trinajstić information content (AvgIpc) is 2.18. The first-order valence-corrected chi connectivity index (χ1v) is 5.05. The van der Waals surface area contributed by atoms with E-state index in [9.17, 15) is 9.59 Å². The van der Waals surface area contributed by atoms with Crippen LogP contribution in [0.2, 0.25) is 5.02 Å². The fourth-order valence-corrected chi connectivity index (χ4v) is 1.43. The highest BCUT2D eigenvalue weighted by Gasteiger charge is 2.06. The summed E-state index contributed by atoms with van der Waals surface area (Å²) in [7, 11) is 0. The van der Waals surface area contributed by atoms with Crippen LogP contribution < -0.4 is 4.74 Å². The molecule has 0 bridgehead atoms. The third kappa shape index (κ3) is 3.90. The molecule has 1 rings (SSSR count). The van der Waals surface area contributed by atoms with E-state index in [1.165, 1.54) is 6.92 Å². The standard InChI is InChI=1S/C11H11ClO4/c1-7(13)16-10-4-2-8(6-9(10)12)3-5-11(14)15/h2,4,6H,3,5H2,1H3,(H,14,15). The summed E-state index contributed by atoms with van der Waals surface area (Å²) in [5, 5.41) is 8.82. The number of hydrogen-bond donors (Lipinski definition) is 1. The van der Waals surface area contributed by atoms with Crippen LogP contribution in [0.3, 0.4) is 0 Å². The first kappa shape index (κ1) is 12.5. The highest BCUT2D eigenvalue weighted by atomic mass is 35.5. The number of carboxylic acid groups (broad SMARTS) is 1. The summed E-state index contributed by atoms with van der Waals surface area (Å²) in [6.07, 6.45) is 0.443. The fraction of sp³-hybridized carbons (Fsp3) is 0.273. The maximum atomic E-state index is 10.7. The Kier molecular flexibility index (Phi) is 4.31. The van der Waals surface area contributed by atoms with Crippen LogP contribution >= 0.6 is 11.6 Å². The van der Waals surface area contributed by atoms with Crippen molar-refractivity contribution in [1.82, 2.24) is 0 Å². The number of rotatable bonds is 4. The molecule has 1 aromatic rings. The minimum absolute atomic E-state index is 0.0449. The molecule has 0 aromatic heterocycles. The SMILES string of the molecule is CC(=O)Oc1ccc(CCC(=O)O)cc1Cl. The number of ether oxygens (including phenoxy) is 1. The van der Waals surface area contributed by atoms with Crippen LogP contribution in [0.25, 0.3) is 0 Å². The number of esters is 1. The van der Waals surface area contributed by atoms with Gasteiger partial charge in [0.05, 0.1) is 5.02 Å². The monoisotopic (exact) mass is 242 g/mol. The predicted octanol–water partition coefficient (Wildman–Crippen LogP) is 2.28. The van der Waals surface area contributed by atoms with Gasteiger partial charge in [-0.25, -0.2) is 0 Å². The van der Waals surface area contributed by atoms with Crippen LogP contribution in [-0.2, 0) is 16.0 Å². The van der Waals surface area contributed by atoms with Gasteiger partial charge in [-0.15, -0.1) is 0 Å². The van der Waals surface area contributed by atoms with Crippen LogP contribution in [0.1, 0.15) is 18.9 Å². The van der Waals surface area contributed by atoms with Crippen LogP contribution in [0.15, 0.2) is 18.2 Å². The van der Waals surface area contributed by atoms with E-state index in [4.69, 9.17) is 21.4 Å². The van der Waals surface area contributed by atoms with E-state index >= 15 is 0 Å². The van der Waals surface area contributed by atoms with Gasteiger partial charge in [-0.05, 0) is 24.1 Å². The van der Waals surface area contributed by atoms with Crippen LogP contribution in [0.4, 0.5) is 0 Å². The summed E-state index contributed by atoms with van der Waals surface area (Å²) in [4.78, 5) is 21.1. The van der Waals surface area contributed by atoms with Crippen molar-refractivity contribution in [2.75, 3.05) is 0 Å². The third-order valence-corrected chi connectivity index (χ3v) is 2.17. The summed E-state index contributed by atoms with van der Waals surface area (Å²) < 4.78 is 4.84. The van der Waals surface area contributed by atoms with Crippen molar-refractivity contribution in [3.63, 3.8) is 0 Å². The third-order valence-electron chi connectivity index (χ3n) is 1.88. The molecule has 0 unspecified atom stereocenters. The minimum Gasteiger partial charge on any atom is -0.481 e. The quantitative estimate of drug-likeness (QED) is 0.650. The topological polar surface area (TPSA) is 63.6 Å². The van der Waals surface area contributed by atoms with Gasteiger partial charge in [-0.1, -0.05) is 17.7 Å². The molecule has 0 aliphatic heterocycles. The van der Waals surface area contributed by atoms with E-state index in [1.807, 2.05) is 0 Å². The number of carboxylic acids is 1. The van der Waals surface area contributed by atoms with Gasteiger partial charge in [-0.2, -0.15) is 0 Å². The summed E-state index contributed by atoms with van der Waals surface area (Å²) in [5.41, 5.74) is 0.795. The van der Waals surface area contributed by atoms with Crippen LogP contribution in [-0.4, -0.2) is 17.0 Å². The molecule has 1 aromatic carbocycles. The molecule has 1 N–H and O–H groups in total. The molecular weight excluding hydrogens is 232 g/mol. The van der Waals surface area contributed by atoms with Crippen molar-refractivity contribution in [1.29, 1.82) is 0 Å². The van der Waals surface area contributed by atoms with Crippen LogP contribution in [0, 0.1) is 0 Å².